The van der Waals surface area contributed by atoms with Crippen LogP contribution in [-0.2, 0) is 17.9 Å². The molecule has 9 nitrogen and oxygen atoms in total. The molecule has 1 N–H and O–H groups in total. The summed E-state index contributed by atoms with van der Waals surface area (Å²) >= 11 is 0. The monoisotopic (exact) mass is 409 g/mol. The number of pyridine rings is 1. The van der Waals surface area contributed by atoms with E-state index in [0.717, 1.165) is 37.7 Å². The van der Waals surface area contributed by atoms with Crippen LogP contribution >= 0.6 is 0 Å². The molecule has 30 heavy (non-hydrogen) atoms. The van der Waals surface area contributed by atoms with E-state index < -0.39 is 0 Å². The first kappa shape index (κ1) is 19.8. The van der Waals surface area contributed by atoms with Crippen molar-refractivity contribution < 1.29 is 18.8 Å². The van der Waals surface area contributed by atoms with Gasteiger partial charge in [-0.3, -0.25) is 4.79 Å². The highest BCUT2D eigenvalue weighted by Gasteiger charge is 2.12. The molecule has 0 aliphatic carbocycles. The summed E-state index contributed by atoms with van der Waals surface area (Å²) in [5.41, 5.74) is 1.49. The second-order valence-corrected chi connectivity index (χ2v) is 6.85. The molecule has 1 aliphatic rings. The van der Waals surface area contributed by atoms with Crippen LogP contribution in [0.4, 0.5) is 5.82 Å². The molecule has 1 aliphatic heterocycles. The lowest BCUT2D eigenvalue weighted by atomic mass is 10.2. The Hall–Kier alpha value is -3.46. The van der Waals surface area contributed by atoms with Crippen molar-refractivity contribution in [3.63, 3.8) is 0 Å². The Balaban J connectivity index is 1.26. The average Bonchev–Trinajstić information content (AvgIpc) is 3.22. The summed E-state index contributed by atoms with van der Waals surface area (Å²) in [6.07, 6.45) is 1.79. The molecule has 0 saturated carbocycles. The number of hydrogen-bond acceptors (Lipinski definition) is 8. The molecule has 0 bridgehead atoms. The van der Waals surface area contributed by atoms with Crippen molar-refractivity contribution in [2.24, 2.45) is 0 Å². The Morgan fingerprint density at radius 3 is 2.63 bits per heavy atom. The first-order valence-corrected chi connectivity index (χ1v) is 9.75. The second-order valence-electron chi connectivity index (χ2n) is 6.85. The minimum Gasteiger partial charge on any atom is -0.485 e. The summed E-state index contributed by atoms with van der Waals surface area (Å²) in [6, 6.07) is 10.9. The van der Waals surface area contributed by atoms with Crippen molar-refractivity contribution in [2.75, 3.05) is 31.2 Å². The molecule has 1 aromatic carbocycles. The molecular formula is C21H23N5O4. The van der Waals surface area contributed by atoms with Gasteiger partial charge in [0.2, 0.25) is 11.7 Å². The van der Waals surface area contributed by atoms with Crippen molar-refractivity contribution in [3.8, 4) is 5.75 Å². The second kappa shape index (κ2) is 9.36. The average molecular weight is 409 g/mol. The van der Waals surface area contributed by atoms with Crippen LogP contribution in [0.5, 0.6) is 5.75 Å². The van der Waals surface area contributed by atoms with Gasteiger partial charge in [-0.25, -0.2) is 4.98 Å². The highest BCUT2D eigenvalue weighted by Crippen LogP contribution is 2.15. The topological polar surface area (TPSA) is 103 Å². The summed E-state index contributed by atoms with van der Waals surface area (Å²) in [5.74, 6) is 2.36. The smallest absolute Gasteiger partial charge is 0.251 e. The van der Waals surface area contributed by atoms with Crippen LogP contribution in [0.3, 0.4) is 0 Å². The molecule has 4 rings (SSSR count). The number of aryl methyl sites for hydroxylation is 1. The van der Waals surface area contributed by atoms with E-state index in [1.807, 2.05) is 12.1 Å². The van der Waals surface area contributed by atoms with Gasteiger partial charge >= 0.3 is 0 Å². The van der Waals surface area contributed by atoms with Crippen LogP contribution in [0.1, 0.15) is 27.6 Å². The number of morpholine rings is 1. The number of anilines is 1. The number of carbonyl (C=O) groups is 1. The molecular weight excluding hydrogens is 386 g/mol. The number of amides is 1. The van der Waals surface area contributed by atoms with Crippen LogP contribution in [0, 0.1) is 6.92 Å². The molecule has 0 unspecified atom stereocenters. The zero-order chi connectivity index (χ0) is 20.8. The first-order valence-electron chi connectivity index (χ1n) is 9.75. The predicted octanol–water partition coefficient (Wildman–Crippen LogP) is 2.12. The van der Waals surface area contributed by atoms with Gasteiger partial charge in [-0.05, 0) is 35.9 Å². The lowest BCUT2D eigenvalue weighted by molar-refractivity contribution is 0.0951. The summed E-state index contributed by atoms with van der Waals surface area (Å²) < 4.78 is 15.9. The maximum atomic E-state index is 12.4. The van der Waals surface area contributed by atoms with Gasteiger partial charge in [0, 0.05) is 38.3 Å². The summed E-state index contributed by atoms with van der Waals surface area (Å²) in [6.45, 7) is 5.47. The van der Waals surface area contributed by atoms with Crippen molar-refractivity contribution in [2.45, 2.75) is 20.1 Å². The highest BCUT2D eigenvalue weighted by atomic mass is 16.5. The van der Waals surface area contributed by atoms with E-state index in [0.29, 0.717) is 29.6 Å². The lowest BCUT2D eigenvalue weighted by Gasteiger charge is -2.27. The third kappa shape index (κ3) is 5.12. The number of carbonyl (C=O) groups excluding carboxylic acids is 1. The molecule has 0 radical (unpaired) electrons. The summed E-state index contributed by atoms with van der Waals surface area (Å²) in [7, 11) is 0. The number of nitrogens with one attached hydrogen (secondary N) is 1. The quantitative estimate of drug-likeness (QED) is 0.633. The van der Waals surface area contributed by atoms with Gasteiger partial charge in [0.25, 0.3) is 5.91 Å². The van der Waals surface area contributed by atoms with Crippen LogP contribution < -0.4 is 15.0 Å². The fourth-order valence-electron chi connectivity index (χ4n) is 3.04. The molecule has 9 heteroatoms. The van der Waals surface area contributed by atoms with E-state index in [9.17, 15) is 4.79 Å². The predicted molar refractivity (Wildman–Crippen MR) is 108 cm³/mol. The SMILES string of the molecule is Cc1nc(COc2ccc(C(=O)NCc3ccc(N4CCOCC4)nc3)cc2)no1. The minimum atomic E-state index is -0.160. The van der Waals surface area contributed by atoms with E-state index in [-0.39, 0.29) is 12.5 Å². The maximum Gasteiger partial charge on any atom is 0.251 e. The largest absolute Gasteiger partial charge is 0.485 e. The first-order chi connectivity index (χ1) is 14.7. The van der Waals surface area contributed by atoms with Crippen LogP contribution in [-0.4, -0.2) is 47.3 Å². The molecule has 1 amide bonds. The van der Waals surface area contributed by atoms with Gasteiger partial charge in [0.1, 0.15) is 11.6 Å². The van der Waals surface area contributed by atoms with Crippen LogP contribution in [0.25, 0.3) is 0 Å². The van der Waals surface area contributed by atoms with Crippen molar-refractivity contribution in [3.05, 3.63) is 65.4 Å². The standard InChI is InChI=1S/C21H23N5O4/c1-15-24-19(25-30-15)14-29-18-5-3-17(4-6-18)21(27)23-13-16-2-7-20(22-12-16)26-8-10-28-11-9-26/h2-7,12H,8-11,13-14H2,1H3,(H,23,27). The van der Waals surface area contributed by atoms with E-state index in [1.165, 1.54) is 0 Å². The van der Waals surface area contributed by atoms with E-state index in [4.69, 9.17) is 14.0 Å². The van der Waals surface area contributed by atoms with Gasteiger partial charge in [-0.15, -0.1) is 0 Å². The third-order valence-corrected chi connectivity index (χ3v) is 4.65. The van der Waals surface area contributed by atoms with E-state index >= 15 is 0 Å². The number of rotatable bonds is 7. The molecule has 1 saturated heterocycles. The molecule has 156 valence electrons. The van der Waals surface area contributed by atoms with Gasteiger partial charge in [-0.2, -0.15) is 4.98 Å². The number of nitrogens with zero attached hydrogens (tertiary/aromatic N) is 4. The Bertz CT molecular complexity index is 966. The molecule has 3 heterocycles. The van der Waals surface area contributed by atoms with Gasteiger partial charge in [-0.1, -0.05) is 11.2 Å². The minimum absolute atomic E-state index is 0.160. The molecule has 0 atom stereocenters. The van der Waals surface area contributed by atoms with Gasteiger partial charge in [0.15, 0.2) is 6.61 Å². The number of aromatic nitrogens is 3. The molecule has 2 aromatic heterocycles. The van der Waals surface area contributed by atoms with Gasteiger partial charge < -0.3 is 24.2 Å². The highest BCUT2D eigenvalue weighted by molar-refractivity contribution is 5.94. The van der Waals surface area contributed by atoms with Gasteiger partial charge in [0.05, 0.1) is 13.2 Å². The van der Waals surface area contributed by atoms with E-state index in [2.05, 4.69) is 25.3 Å². The Morgan fingerprint density at radius 1 is 1.17 bits per heavy atom. The fraction of sp³-hybridized carbons (Fsp3) is 0.333. The summed E-state index contributed by atoms with van der Waals surface area (Å²) in [5, 5.41) is 6.68. The maximum absolute atomic E-state index is 12.4. The zero-order valence-electron chi connectivity index (χ0n) is 16.7. The summed E-state index contributed by atoms with van der Waals surface area (Å²) in [4.78, 5) is 23.2. The fourth-order valence-corrected chi connectivity index (χ4v) is 3.04. The zero-order valence-corrected chi connectivity index (χ0v) is 16.7. The normalized spacial score (nSPS) is 13.8. The number of hydrogen-bond donors (Lipinski definition) is 1. The van der Waals surface area contributed by atoms with Crippen LogP contribution in [0.15, 0.2) is 47.1 Å². The number of ether oxygens (including phenoxy) is 2. The van der Waals surface area contributed by atoms with Crippen LogP contribution in [0.2, 0.25) is 0 Å². The molecule has 3 aromatic rings. The molecule has 0 spiro atoms. The van der Waals surface area contributed by atoms with Crippen molar-refractivity contribution >= 4 is 11.7 Å². The molecule has 1 fully saturated rings. The number of benzene rings is 1. The Morgan fingerprint density at radius 2 is 1.97 bits per heavy atom. The lowest BCUT2D eigenvalue weighted by Crippen LogP contribution is -2.36. The van der Waals surface area contributed by atoms with Crippen molar-refractivity contribution in [1.82, 2.24) is 20.4 Å². The van der Waals surface area contributed by atoms with E-state index in [1.54, 1.807) is 37.4 Å². The van der Waals surface area contributed by atoms with Crippen molar-refractivity contribution in [1.29, 1.82) is 0 Å². The Kier molecular flexibility index (Phi) is 6.19. The Labute approximate surface area is 174 Å². The third-order valence-electron chi connectivity index (χ3n) is 4.65.